The highest BCUT2D eigenvalue weighted by Crippen LogP contribution is 2.29. The first kappa shape index (κ1) is 21.0. The van der Waals surface area contributed by atoms with Crippen molar-refractivity contribution in [2.75, 3.05) is 12.4 Å². The summed E-state index contributed by atoms with van der Waals surface area (Å²) < 4.78 is 5.29. The zero-order valence-corrected chi connectivity index (χ0v) is 17.5. The normalized spacial score (nSPS) is 11.3. The Morgan fingerprint density at radius 3 is 2.48 bits per heavy atom. The summed E-state index contributed by atoms with van der Waals surface area (Å²) in [6, 6.07) is 23.9. The molecule has 148 valence electrons. The van der Waals surface area contributed by atoms with Crippen LogP contribution in [0.25, 0.3) is 5.57 Å². The Kier molecular flexibility index (Phi) is 7.39. The molecule has 5 heteroatoms. The maximum absolute atomic E-state index is 10.7. The van der Waals surface area contributed by atoms with Crippen molar-refractivity contribution in [3.05, 3.63) is 101 Å². The van der Waals surface area contributed by atoms with Crippen LogP contribution in [0.15, 0.2) is 83.8 Å². The molecule has 0 heterocycles. The van der Waals surface area contributed by atoms with Gasteiger partial charge in [-0.05, 0) is 59.5 Å². The third kappa shape index (κ3) is 6.14. The fourth-order valence-corrected chi connectivity index (χ4v) is 3.97. The second-order valence-corrected chi connectivity index (χ2v) is 7.94. The van der Waals surface area contributed by atoms with Crippen LogP contribution < -0.4 is 4.74 Å². The van der Waals surface area contributed by atoms with E-state index in [0.29, 0.717) is 10.8 Å². The molecular formula is C24H21ClO3S. The number of carboxylic acid groups (broad SMARTS) is 1. The van der Waals surface area contributed by atoms with Crippen molar-refractivity contribution in [2.24, 2.45) is 0 Å². The van der Waals surface area contributed by atoms with Crippen LogP contribution in [-0.4, -0.2) is 23.4 Å². The number of hydrogen-bond donors (Lipinski definition) is 1. The van der Waals surface area contributed by atoms with E-state index in [9.17, 15) is 4.79 Å². The molecule has 29 heavy (non-hydrogen) atoms. The van der Waals surface area contributed by atoms with E-state index in [-0.39, 0.29) is 6.61 Å². The SMILES string of the molecule is Cc1cc(SCC=C(c2ccccc2)c2cccc(Cl)c2)ccc1OCC(=O)O. The van der Waals surface area contributed by atoms with Crippen LogP contribution >= 0.6 is 23.4 Å². The molecule has 3 nitrogen and oxygen atoms in total. The third-order valence-electron chi connectivity index (χ3n) is 4.26. The zero-order valence-electron chi connectivity index (χ0n) is 16.0. The van der Waals surface area contributed by atoms with Gasteiger partial charge in [0.2, 0.25) is 0 Å². The number of aryl methyl sites for hydroxylation is 1. The number of rotatable bonds is 8. The number of carboxylic acids is 1. The third-order valence-corrected chi connectivity index (χ3v) is 5.41. The second kappa shape index (κ2) is 10.2. The number of carbonyl (C=O) groups is 1. The first-order valence-electron chi connectivity index (χ1n) is 9.12. The van der Waals surface area contributed by atoms with Gasteiger partial charge >= 0.3 is 5.97 Å². The summed E-state index contributed by atoms with van der Waals surface area (Å²) in [5, 5.41) is 9.46. The minimum Gasteiger partial charge on any atom is -0.482 e. The molecule has 0 fully saturated rings. The predicted molar refractivity (Wildman–Crippen MR) is 120 cm³/mol. The van der Waals surface area contributed by atoms with E-state index in [1.807, 2.05) is 61.5 Å². The summed E-state index contributed by atoms with van der Waals surface area (Å²) in [5.41, 5.74) is 4.28. The number of halogens is 1. The van der Waals surface area contributed by atoms with E-state index in [0.717, 1.165) is 32.9 Å². The molecular weight excluding hydrogens is 404 g/mol. The van der Waals surface area contributed by atoms with Crippen molar-refractivity contribution in [3.63, 3.8) is 0 Å². The second-order valence-electron chi connectivity index (χ2n) is 6.41. The highest BCUT2D eigenvalue weighted by molar-refractivity contribution is 7.99. The average Bonchev–Trinajstić information content (AvgIpc) is 2.71. The Bertz CT molecular complexity index is 1020. The molecule has 0 saturated carbocycles. The lowest BCUT2D eigenvalue weighted by atomic mass is 9.98. The van der Waals surface area contributed by atoms with Gasteiger partial charge < -0.3 is 9.84 Å². The van der Waals surface area contributed by atoms with Crippen LogP contribution in [0.2, 0.25) is 5.02 Å². The molecule has 3 aromatic carbocycles. The monoisotopic (exact) mass is 424 g/mol. The van der Waals surface area contributed by atoms with Crippen LogP contribution in [0.5, 0.6) is 5.75 Å². The first-order chi connectivity index (χ1) is 14.0. The molecule has 3 aromatic rings. The predicted octanol–water partition coefficient (Wildman–Crippen LogP) is 6.34. The van der Waals surface area contributed by atoms with Gasteiger partial charge in [0.1, 0.15) is 5.75 Å². The molecule has 0 aliphatic rings. The van der Waals surface area contributed by atoms with Crippen molar-refractivity contribution in [3.8, 4) is 5.75 Å². The Balaban J connectivity index is 1.76. The summed E-state index contributed by atoms with van der Waals surface area (Å²) in [6.07, 6.45) is 2.20. The highest BCUT2D eigenvalue weighted by Gasteiger charge is 2.07. The standard InChI is InChI=1S/C24H21ClO3S/c1-17-14-21(10-11-23(17)28-16-24(26)27)29-13-12-22(18-6-3-2-4-7-18)19-8-5-9-20(25)15-19/h2-12,14-15H,13,16H2,1H3,(H,26,27). The number of hydrogen-bond acceptors (Lipinski definition) is 3. The van der Waals surface area contributed by atoms with Crippen LogP contribution in [0.4, 0.5) is 0 Å². The van der Waals surface area contributed by atoms with Gasteiger partial charge in [-0.1, -0.05) is 60.1 Å². The van der Waals surface area contributed by atoms with Gasteiger partial charge in [-0.25, -0.2) is 4.79 Å². The Morgan fingerprint density at radius 1 is 1.03 bits per heavy atom. The van der Waals surface area contributed by atoms with Crippen molar-refractivity contribution >= 4 is 34.9 Å². The van der Waals surface area contributed by atoms with Gasteiger partial charge in [-0.15, -0.1) is 11.8 Å². The van der Waals surface area contributed by atoms with Crippen LogP contribution in [0.3, 0.4) is 0 Å². The molecule has 0 radical (unpaired) electrons. The van der Waals surface area contributed by atoms with Crippen molar-refractivity contribution in [1.82, 2.24) is 0 Å². The van der Waals surface area contributed by atoms with Gasteiger partial charge in [-0.3, -0.25) is 0 Å². The highest BCUT2D eigenvalue weighted by atomic mass is 35.5. The summed E-state index contributed by atoms with van der Waals surface area (Å²) in [6.45, 7) is 1.58. The Labute approximate surface area is 180 Å². The maximum Gasteiger partial charge on any atom is 0.341 e. The van der Waals surface area contributed by atoms with E-state index >= 15 is 0 Å². The van der Waals surface area contributed by atoms with E-state index in [1.165, 1.54) is 0 Å². The maximum atomic E-state index is 10.7. The van der Waals surface area contributed by atoms with E-state index in [1.54, 1.807) is 11.8 Å². The zero-order chi connectivity index (χ0) is 20.6. The molecule has 0 atom stereocenters. The lowest BCUT2D eigenvalue weighted by Crippen LogP contribution is -2.09. The molecule has 0 bridgehead atoms. The quantitative estimate of drug-likeness (QED) is 0.429. The lowest BCUT2D eigenvalue weighted by molar-refractivity contribution is -0.139. The number of benzene rings is 3. The molecule has 0 spiro atoms. The average molecular weight is 425 g/mol. The topological polar surface area (TPSA) is 46.5 Å². The van der Waals surface area contributed by atoms with Crippen molar-refractivity contribution in [2.45, 2.75) is 11.8 Å². The molecule has 0 aromatic heterocycles. The summed E-state index contributed by atoms with van der Waals surface area (Å²) in [5.74, 6) is 0.393. The smallest absolute Gasteiger partial charge is 0.341 e. The Morgan fingerprint density at radius 2 is 1.79 bits per heavy atom. The molecule has 0 amide bonds. The van der Waals surface area contributed by atoms with Gasteiger partial charge in [0.05, 0.1) is 0 Å². The molecule has 0 saturated heterocycles. The molecule has 1 N–H and O–H groups in total. The van der Waals surface area contributed by atoms with Crippen molar-refractivity contribution < 1.29 is 14.6 Å². The van der Waals surface area contributed by atoms with Crippen LogP contribution in [-0.2, 0) is 4.79 Å². The lowest BCUT2D eigenvalue weighted by Gasteiger charge is -2.10. The molecule has 3 rings (SSSR count). The first-order valence-corrected chi connectivity index (χ1v) is 10.5. The van der Waals surface area contributed by atoms with E-state index in [4.69, 9.17) is 21.4 Å². The Hall–Kier alpha value is -2.69. The van der Waals surface area contributed by atoms with E-state index in [2.05, 4.69) is 24.3 Å². The minimum absolute atomic E-state index is 0.337. The molecule has 0 aliphatic carbocycles. The minimum atomic E-state index is -0.984. The fourth-order valence-electron chi connectivity index (χ4n) is 2.91. The fraction of sp³-hybridized carbons (Fsp3) is 0.125. The largest absolute Gasteiger partial charge is 0.482 e. The summed E-state index contributed by atoms with van der Waals surface area (Å²) in [4.78, 5) is 11.8. The van der Waals surface area contributed by atoms with Gasteiger partial charge in [0.15, 0.2) is 6.61 Å². The van der Waals surface area contributed by atoms with Crippen LogP contribution in [0, 0.1) is 6.92 Å². The van der Waals surface area contributed by atoms with Crippen LogP contribution in [0.1, 0.15) is 16.7 Å². The molecule has 0 aliphatic heterocycles. The van der Waals surface area contributed by atoms with Gasteiger partial charge in [0.25, 0.3) is 0 Å². The van der Waals surface area contributed by atoms with Gasteiger partial charge in [0, 0.05) is 15.7 Å². The molecule has 0 unspecified atom stereocenters. The summed E-state index contributed by atoms with van der Waals surface area (Å²) >= 11 is 7.91. The summed E-state index contributed by atoms with van der Waals surface area (Å²) in [7, 11) is 0. The van der Waals surface area contributed by atoms with E-state index < -0.39 is 5.97 Å². The number of thioether (sulfide) groups is 1. The number of aliphatic carboxylic acids is 1. The number of ether oxygens (including phenoxy) is 1. The van der Waals surface area contributed by atoms with Gasteiger partial charge in [-0.2, -0.15) is 0 Å². The van der Waals surface area contributed by atoms with Crippen molar-refractivity contribution in [1.29, 1.82) is 0 Å².